The van der Waals surface area contributed by atoms with Crippen LogP contribution in [0, 0.1) is 6.92 Å². The molecule has 0 radical (unpaired) electrons. The predicted molar refractivity (Wildman–Crippen MR) is 112 cm³/mol. The van der Waals surface area contributed by atoms with E-state index in [-0.39, 0.29) is 18.1 Å². The molecule has 0 saturated heterocycles. The first kappa shape index (κ1) is 18.9. The minimum Gasteiger partial charge on any atom is -0.497 e. The van der Waals surface area contributed by atoms with Gasteiger partial charge in [0.1, 0.15) is 10.8 Å². The number of carbonyl (C=O) groups excluding carboxylic acids is 2. The van der Waals surface area contributed by atoms with Gasteiger partial charge in [0.2, 0.25) is 5.78 Å². The predicted octanol–water partition coefficient (Wildman–Crippen LogP) is 4.65. The molecule has 6 nitrogen and oxygen atoms in total. The maximum atomic E-state index is 12.6. The minimum atomic E-state index is -0.619. The molecule has 0 aliphatic rings. The number of rotatable bonds is 6. The fraction of sp³-hybridized carbons (Fsp3) is 0.136. The summed E-state index contributed by atoms with van der Waals surface area (Å²) in [6.45, 7) is 1.49. The summed E-state index contributed by atoms with van der Waals surface area (Å²) in [5.74, 6) is -0.123. The van der Waals surface area contributed by atoms with E-state index in [1.807, 2.05) is 55.5 Å². The number of Topliss-reactive ketones (excluding diaryl/α,β-unsaturated/α-hetero) is 1. The number of thiazole rings is 1. The average Bonchev–Trinajstić information content (AvgIpc) is 3.36. The zero-order valence-corrected chi connectivity index (χ0v) is 16.7. The van der Waals surface area contributed by atoms with Crippen molar-refractivity contribution in [1.82, 2.24) is 9.97 Å². The van der Waals surface area contributed by atoms with Crippen LogP contribution in [-0.2, 0) is 4.74 Å². The lowest BCUT2D eigenvalue weighted by molar-refractivity contribution is 0.0470. The van der Waals surface area contributed by atoms with Gasteiger partial charge in [-0.15, -0.1) is 11.3 Å². The van der Waals surface area contributed by atoms with E-state index in [1.54, 1.807) is 12.5 Å². The van der Waals surface area contributed by atoms with Crippen LogP contribution in [-0.4, -0.2) is 35.4 Å². The molecule has 0 saturated carbocycles. The van der Waals surface area contributed by atoms with Crippen LogP contribution in [0.3, 0.4) is 0 Å². The maximum Gasteiger partial charge on any atom is 0.358 e. The number of methoxy groups -OCH3 is 1. The third-order valence-electron chi connectivity index (χ3n) is 4.56. The highest BCUT2D eigenvalue weighted by Gasteiger charge is 2.19. The number of fused-ring (bicyclic) bond motifs is 1. The molecule has 1 N–H and O–H groups in total. The van der Waals surface area contributed by atoms with Crippen molar-refractivity contribution in [3.05, 3.63) is 70.9 Å². The Bertz CT molecular complexity index is 1190. The Balaban J connectivity index is 1.45. The van der Waals surface area contributed by atoms with Crippen molar-refractivity contribution in [1.29, 1.82) is 0 Å². The first-order valence-corrected chi connectivity index (χ1v) is 9.82. The second-order valence-corrected chi connectivity index (χ2v) is 7.29. The number of aromatic nitrogens is 2. The van der Waals surface area contributed by atoms with Crippen molar-refractivity contribution in [3.8, 4) is 16.3 Å². The number of carbonyl (C=O) groups is 2. The zero-order valence-electron chi connectivity index (χ0n) is 15.9. The summed E-state index contributed by atoms with van der Waals surface area (Å²) in [5.41, 5.74) is 3.24. The first-order valence-electron chi connectivity index (χ1n) is 8.94. The van der Waals surface area contributed by atoms with Crippen molar-refractivity contribution in [2.45, 2.75) is 6.92 Å². The minimum absolute atomic E-state index is 0.185. The smallest absolute Gasteiger partial charge is 0.358 e. The second kappa shape index (κ2) is 7.89. The molecule has 0 aliphatic carbocycles. The molecule has 0 amide bonds. The number of aromatic amines is 1. The van der Waals surface area contributed by atoms with Gasteiger partial charge in [0.15, 0.2) is 12.3 Å². The number of nitrogens with zero attached hydrogens (tertiary/aromatic N) is 1. The first-order chi connectivity index (χ1) is 14.1. The molecule has 2 aromatic carbocycles. The van der Waals surface area contributed by atoms with Crippen molar-refractivity contribution < 1.29 is 19.1 Å². The van der Waals surface area contributed by atoms with E-state index >= 15 is 0 Å². The third kappa shape index (κ3) is 3.77. The van der Waals surface area contributed by atoms with Crippen LogP contribution in [0.25, 0.3) is 21.5 Å². The summed E-state index contributed by atoms with van der Waals surface area (Å²) in [4.78, 5) is 32.5. The molecule has 29 heavy (non-hydrogen) atoms. The van der Waals surface area contributed by atoms with Crippen LogP contribution in [0.15, 0.2) is 53.9 Å². The van der Waals surface area contributed by atoms with Gasteiger partial charge in [-0.05, 0) is 37.3 Å². The van der Waals surface area contributed by atoms with Crippen molar-refractivity contribution in [3.63, 3.8) is 0 Å². The Morgan fingerprint density at radius 2 is 1.86 bits per heavy atom. The van der Waals surface area contributed by atoms with Crippen molar-refractivity contribution in [2.75, 3.05) is 13.7 Å². The van der Waals surface area contributed by atoms with Gasteiger partial charge in [0.25, 0.3) is 0 Å². The van der Waals surface area contributed by atoms with E-state index in [9.17, 15) is 9.59 Å². The Kier molecular flexibility index (Phi) is 5.14. The van der Waals surface area contributed by atoms with Gasteiger partial charge in [0, 0.05) is 33.1 Å². The molecule has 2 aromatic heterocycles. The summed E-state index contributed by atoms with van der Waals surface area (Å²) in [6, 6.07) is 14.9. The van der Waals surface area contributed by atoms with E-state index < -0.39 is 5.97 Å². The lowest BCUT2D eigenvalue weighted by Crippen LogP contribution is -2.15. The fourth-order valence-electron chi connectivity index (χ4n) is 3.15. The molecule has 0 atom stereocenters. The van der Waals surface area contributed by atoms with Crippen LogP contribution in [0.2, 0.25) is 0 Å². The molecular weight excluding hydrogens is 388 g/mol. The quantitative estimate of drug-likeness (QED) is 0.372. The topological polar surface area (TPSA) is 81.3 Å². The zero-order chi connectivity index (χ0) is 20.4. The number of esters is 1. The third-order valence-corrected chi connectivity index (χ3v) is 5.45. The van der Waals surface area contributed by atoms with Crippen LogP contribution in [0.5, 0.6) is 5.75 Å². The van der Waals surface area contributed by atoms with E-state index in [0.29, 0.717) is 10.6 Å². The number of nitrogens with one attached hydrogen (secondary N) is 1. The molecule has 0 unspecified atom stereocenters. The van der Waals surface area contributed by atoms with Gasteiger partial charge in [-0.2, -0.15) is 0 Å². The summed E-state index contributed by atoms with van der Waals surface area (Å²) >= 11 is 1.34. The van der Waals surface area contributed by atoms with Crippen LogP contribution in [0.4, 0.5) is 0 Å². The average molecular weight is 406 g/mol. The van der Waals surface area contributed by atoms with Gasteiger partial charge in [-0.1, -0.05) is 18.2 Å². The molecule has 0 aliphatic heterocycles. The lowest BCUT2D eigenvalue weighted by Gasteiger charge is -2.03. The molecule has 0 spiro atoms. The number of hydrogen-bond donors (Lipinski definition) is 1. The van der Waals surface area contributed by atoms with Crippen molar-refractivity contribution in [2.24, 2.45) is 0 Å². The number of ketones is 1. The Labute approximate surface area is 171 Å². The maximum absolute atomic E-state index is 12.6. The summed E-state index contributed by atoms with van der Waals surface area (Å²) in [7, 11) is 1.60. The molecule has 7 heteroatoms. The van der Waals surface area contributed by atoms with Crippen LogP contribution < -0.4 is 4.74 Å². The molecular formula is C22H18N2O4S. The number of ether oxygens (including phenoxy) is 2. The lowest BCUT2D eigenvalue weighted by atomic mass is 10.1. The van der Waals surface area contributed by atoms with Gasteiger partial charge < -0.3 is 14.5 Å². The molecule has 0 fully saturated rings. The highest BCUT2D eigenvalue weighted by molar-refractivity contribution is 7.13. The number of hydrogen-bond acceptors (Lipinski definition) is 6. The standard InChI is InChI=1S/C22H18N2O4S/c1-13-20(16-5-3-4-6-17(16)23-13)19(25)11-28-22(26)18-12-29-21(24-18)14-7-9-15(27-2)10-8-14/h3-10,12,23H,11H2,1-2H3. The summed E-state index contributed by atoms with van der Waals surface area (Å²) in [6.07, 6.45) is 0. The molecule has 0 bridgehead atoms. The van der Waals surface area contributed by atoms with Crippen LogP contribution >= 0.6 is 11.3 Å². The summed E-state index contributed by atoms with van der Waals surface area (Å²) in [5, 5.41) is 3.14. The SMILES string of the molecule is COc1ccc(-c2nc(C(=O)OCC(=O)c3c(C)[nH]c4ccccc34)cs2)cc1. The largest absolute Gasteiger partial charge is 0.497 e. The Morgan fingerprint density at radius 3 is 2.62 bits per heavy atom. The van der Waals surface area contributed by atoms with Gasteiger partial charge in [-0.3, -0.25) is 4.79 Å². The molecule has 4 rings (SSSR count). The van der Waals surface area contributed by atoms with Gasteiger partial charge in [-0.25, -0.2) is 9.78 Å². The number of aryl methyl sites for hydroxylation is 1. The number of para-hydroxylation sites is 1. The summed E-state index contributed by atoms with van der Waals surface area (Å²) < 4.78 is 10.4. The highest BCUT2D eigenvalue weighted by Crippen LogP contribution is 2.26. The molecule has 4 aromatic rings. The fourth-order valence-corrected chi connectivity index (χ4v) is 3.94. The van der Waals surface area contributed by atoms with Crippen molar-refractivity contribution >= 4 is 34.0 Å². The monoisotopic (exact) mass is 406 g/mol. The Hall–Kier alpha value is -3.45. The second-order valence-electron chi connectivity index (χ2n) is 6.44. The van der Waals surface area contributed by atoms with E-state index in [4.69, 9.17) is 9.47 Å². The normalized spacial score (nSPS) is 10.8. The molecule has 146 valence electrons. The van der Waals surface area contributed by atoms with E-state index in [0.717, 1.165) is 27.9 Å². The Morgan fingerprint density at radius 1 is 1.10 bits per heavy atom. The van der Waals surface area contributed by atoms with Gasteiger partial charge >= 0.3 is 5.97 Å². The van der Waals surface area contributed by atoms with E-state index in [2.05, 4.69) is 9.97 Å². The molecule has 2 heterocycles. The van der Waals surface area contributed by atoms with Crippen LogP contribution in [0.1, 0.15) is 26.5 Å². The van der Waals surface area contributed by atoms with E-state index in [1.165, 1.54) is 11.3 Å². The number of H-pyrrole nitrogens is 1. The number of benzene rings is 2. The van der Waals surface area contributed by atoms with Gasteiger partial charge in [0.05, 0.1) is 7.11 Å². The highest BCUT2D eigenvalue weighted by atomic mass is 32.1.